The largest absolute Gasteiger partial charge is 0.189 e. The topological polar surface area (TPSA) is 24.7 Å². The number of rotatable bonds is 0. The lowest BCUT2D eigenvalue weighted by atomic mass is 10.0. The van der Waals surface area contributed by atoms with E-state index in [0.717, 1.165) is 13.1 Å². The third kappa shape index (κ3) is 1.18. The second-order valence-electron chi connectivity index (χ2n) is 2.93. The van der Waals surface area contributed by atoms with Gasteiger partial charge in [0.2, 0.25) is 0 Å². The van der Waals surface area contributed by atoms with E-state index in [4.69, 9.17) is 0 Å². The van der Waals surface area contributed by atoms with Crippen LogP contribution in [-0.2, 0) is 13.1 Å². The highest BCUT2D eigenvalue weighted by atomic mass is 79.9. The number of benzene rings is 1. The zero-order chi connectivity index (χ0) is 8.55. The van der Waals surface area contributed by atoms with Gasteiger partial charge in [-0.15, -0.1) is 0 Å². The summed E-state index contributed by atoms with van der Waals surface area (Å²) in [4.78, 5) is 0. The number of fused-ring (bicyclic) bond motifs is 1. The Hall–Kier alpha value is -0.700. The zero-order valence-corrected chi connectivity index (χ0v) is 8.43. The molecule has 1 heterocycles. The Morgan fingerprint density at radius 3 is 2.83 bits per heavy atom. The summed E-state index contributed by atoms with van der Waals surface area (Å²) in [5, 5.41) is 8.01. The molecule has 0 bridgehead atoms. The Bertz CT molecular complexity index is 345. The molecule has 0 N–H and O–H groups in total. The van der Waals surface area contributed by atoms with E-state index in [9.17, 15) is 0 Å². The van der Waals surface area contributed by atoms with Crippen LogP contribution in [0.3, 0.4) is 0 Å². The molecule has 1 aliphatic heterocycles. The van der Waals surface area contributed by atoms with Crippen LogP contribution in [0.4, 0.5) is 0 Å². The Morgan fingerprint density at radius 1 is 1.25 bits per heavy atom. The van der Waals surface area contributed by atoms with Crippen LogP contribution >= 0.6 is 15.9 Å². The molecule has 0 aromatic heterocycles. The summed E-state index contributed by atoms with van der Waals surface area (Å²) < 4.78 is 1.19. The molecule has 0 amide bonds. The van der Waals surface area contributed by atoms with E-state index in [2.05, 4.69) is 45.2 Å². The molecule has 0 fully saturated rings. The van der Waals surface area contributed by atoms with Gasteiger partial charge in [0, 0.05) is 4.47 Å². The first-order valence-corrected chi connectivity index (χ1v) is 4.68. The van der Waals surface area contributed by atoms with Crippen LogP contribution in [0.15, 0.2) is 26.8 Å². The van der Waals surface area contributed by atoms with Crippen LogP contribution in [0.25, 0.3) is 0 Å². The summed E-state index contributed by atoms with van der Waals surface area (Å²) in [6.45, 7) is 3.54. The molecule has 0 saturated heterocycles. The summed E-state index contributed by atoms with van der Waals surface area (Å²) in [6, 6.07) is 4.25. The van der Waals surface area contributed by atoms with Crippen LogP contribution in [-0.4, -0.2) is 0 Å². The fourth-order valence-corrected chi connectivity index (χ4v) is 1.86. The van der Waals surface area contributed by atoms with Crippen molar-refractivity contribution in [3.05, 3.63) is 33.3 Å². The quantitative estimate of drug-likeness (QED) is 0.647. The smallest absolute Gasteiger partial charge is 0.0863 e. The fourth-order valence-electron chi connectivity index (χ4n) is 1.34. The highest BCUT2D eigenvalue weighted by molar-refractivity contribution is 9.10. The Labute approximate surface area is 79.8 Å². The lowest BCUT2D eigenvalue weighted by Crippen LogP contribution is -1.98. The predicted molar refractivity (Wildman–Crippen MR) is 51.1 cm³/mol. The van der Waals surface area contributed by atoms with Gasteiger partial charge in [0.1, 0.15) is 0 Å². The molecule has 3 heteroatoms. The van der Waals surface area contributed by atoms with Gasteiger partial charge in [0.15, 0.2) is 0 Å². The van der Waals surface area contributed by atoms with Gasteiger partial charge in [-0.2, -0.15) is 10.2 Å². The molecule has 1 aromatic carbocycles. The lowest BCUT2D eigenvalue weighted by Gasteiger charge is -2.12. The number of azo groups is 1. The summed E-state index contributed by atoms with van der Waals surface area (Å²) in [5.41, 5.74) is 3.86. The van der Waals surface area contributed by atoms with Gasteiger partial charge in [0.25, 0.3) is 0 Å². The minimum Gasteiger partial charge on any atom is -0.189 e. The Balaban J connectivity index is 2.58. The highest BCUT2D eigenvalue weighted by Crippen LogP contribution is 2.28. The van der Waals surface area contributed by atoms with Crippen LogP contribution in [0.2, 0.25) is 0 Å². The van der Waals surface area contributed by atoms with Crippen LogP contribution < -0.4 is 0 Å². The minimum absolute atomic E-state index is 0.720. The molecular formula is C9H9BrN2. The third-order valence-electron chi connectivity index (χ3n) is 2.10. The Kier molecular flexibility index (Phi) is 1.97. The Morgan fingerprint density at radius 2 is 2.00 bits per heavy atom. The van der Waals surface area contributed by atoms with E-state index >= 15 is 0 Å². The summed E-state index contributed by atoms with van der Waals surface area (Å²) in [6.07, 6.45) is 0. The molecule has 0 radical (unpaired) electrons. The van der Waals surface area contributed by atoms with E-state index in [1.54, 1.807) is 0 Å². The molecule has 1 aromatic rings. The first-order valence-electron chi connectivity index (χ1n) is 3.89. The fraction of sp³-hybridized carbons (Fsp3) is 0.333. The van der Waals surface area contributed by atoms with E-state index in [1.807, 2.05) is 0 Å². The SMILES string of the molecule is Cc1ccc2c(c1Br)CN=NC2. The molecule has 0 unspecified atom stereocenters. The van der Waals surface area contributed by atoms with Crippen LogP contribution in [0.1, 0.15) is 16.7 Å². The average molecular weight is 225 g/mol. The monoisotopic (exact) mass is 224 g/mol. The number of nitrogens with zero attached hydrogens (tertiary/aromatic N) is 2. The molecule has 12 heavy (non-hydrogen) atoms. The van der Waals surface area contributed by atoms with Crippen LogP contribution in [0, 0.1) is 6.92 Å². The van der Waals surface area contributed by atoms with Crippen molar-refractivity contribution in [1.82, 2.24) is 0 Å². The zero-order valence-electron chi connectivity index (χ0n) is 6.84. The highest BCUT2D eigenvalue weighted by Gasteiger charge is 2.10. The lowest BCUT2D eigenvalue weighted by molar-refractivity contribution is 0.785. The van der Waals surface area contributed by atoms with Crippen LogP contribution in [0.5, 0.6) is 0 Å². The molecule has 62 valence electrons. The maximum absolute atomic E-state index is 4.02. The average Bonchev–Trinajstić information content (AvgIpc) is 2.12. The van der Waals surface area contributed by atoms with E-state index in [-0.39, 0.29) is 0 Å². The molecule has 0 aliphatic carbocycles. The summed E-state index contributed by atoms with van der Waals surface area (Å²) >= 11 is 3.56. The molecular weight excluding hydrogens is 216 g/mol. The predicted octanol–water partition coefficient (Wildman–Crippen LogP) is 3.22. The van der Waals surface area contributed by atoms with Crippen molar-refractivity contribution in [3.63, 3.8) is 0 Å². The molecule has 2 rings (SSSR count). The minimum atomic E-state index is 0.720. The van der Waals surface area contributed by atoms with Crippen molar-refractivity contribution < 1.29 is 0 Å². The second-order valence-corrected chi connectivity index (χ2v) is 3.73. The molecule has 2 nitrogen and oxygen atoms in total. The van der Waals surface area contributed by atoms with E-state index < -0.39 is 0 Å². The van der Waals surface area contributed by atoms with Gasteiger partial charge >= 0.3 is 0 Å². The summed E-state index contributed by atoms with van der Waals surface area (Å²) in [7, 11) is 0. The van der Waals surface area contributed by atoms with Crippen molar-refractivity contribution in [1.29, 1.82) is 0 Å². The normalized spacial score (nSPS) is 14.5. The summed E-state index contributed by atoms with van der Waals surface area (Å²) in [5.74, 6) is 0. The maximum atomic E-state index is 4.02. The number of halogens is 1. The van der Waals surface area contributed by atoms with Gasteiger partial charge in [-0.05, 0) is 23.6 Å². The van der Waals surface area contributed by atoms with Gasteiger partial charge < -0.3 is 0 Å². The van der Waals surface area contributed by atoms with Crippen molar-refractivity contribution in [2.45, 2.75) is 20.0 Å². The molecule has 0 atom stereocenters. The molecule has 0 saturated carbocycles. The van der Waals surface area contributed by atoms with Crippen molar-refractivity contribution in [3.8, 4) is 0 Å². The molecule has 1 aliphatic rings. The van der Waals surface area contributed by atoms with Gasteiger partial charge in [0.05, 0.1) is 13.1 Å². The van der Waals surface area contributed by atoms with Crippen molar-refractivity contribution >= 4 is 15.9 Å². The van der Waals surface area contributed by atoms with Gasteiger partial charge in [-0.3, -0.25) is 0 Å². The second kappa shape index (κ2) is 2.98. The number of hydrogen-bond donors (Lipinski definition) is 0. The first-order chi connectivity index (χ1) is 5.79. The third-order valence-corrected chi connectivity index (χ3v) is 3.21. The van der Waals surface area contributed by atoms with Gasteiger partial charge in [-0.1, -0.05) is 28.1 Å². The molecule has 0 spiro atoms. The number of aryl methyl sites for hydroxylation is 1. The number of hydrogen-bond acceptors (Lipinski definition) is 2. The maximum Gasteiger partial charge on any atom is 0.0863 e. The van der Waals surface area contributed by atoms with Gasteiger partial charge in [-0.25, -0.2) is 0 Å². The standard InChI is InChI=1S/C9H9BrN2/c1-6-2-3-7-4-11-12-5-8(7)9(6)10/h2-3H,4-5H2,1H3. The first kappa shape index (κ1) is 7.92. The van der Waals surface area contributed by atoms with E-state index in [0.29, 0.717) is 0 Å². The van der Waals surface area contributed by atoms with Crippen molar-refractivity contribution in [2.75, 3.05) is 0 Å². The van der Waals surface area contributed by atoms with Crippen molar-refractivity contribution in [2.24, 2.45) is 10.2 Å². The van der Waals surface area contributed by atoms with E-state index in [1.165, 1.54) is 21.2 Å².